The molecule has 0 aliphatic heterocycles. The van der Waals surface area contributed by atoms with Crippen LogP contribution in [0.25, 0.3) is 12.2 Å². The summed E-state index contributed by atoms with van der Waals surface area (Å²) in [6, 6.07) is 0. The van der Waals surface area contributed by atoms with Gasteiger partial charge in [-0.15, -0.1) is 0 Å². The van der Waals surface area contributed by atoms with Crippen LogP contribution < -0.4 is 10.8 Å². The Morgan fingerprint density at radius 3 is 2.83 bits per heavy atom. The molecule has 0 atom stereocenters. The van der Waals surface area contributed by atoms with Crippen LogP contribution >= 0.6 is 0 Å². The molecule has 1 aromatic heterocycles. The van der Waals surface area contributed by atoms with E-state index in [4.69, 9.17) is 4.42 Å². The summed E-state index contributed by atoms with van der Waals surface area (Å²) in [5.41, 5.74) is 2.08. The lowest BCUT2D eigenvalue weighted by molar-refractivity contribution is 0.524. The molecule has 0 fully saturated rings. The molecule has 2 heteroatoms. The molecule has 0 aromatic carbocycles. The number of hydrogen-bond donors (Lipinski definition) is 0. The Morgan fingerprint density at radius 2 is 2.25 bits per heavy atom. The number of nitrogens with zero attached hydrogens (tertiary/aromatic N) is 1. The Kier molecular flexibility index (Phi) is 2.86. The molecule has 1 aromatic rings. The minimum atomic E-state index is 0.826. The molecule has 1 heterocycles. The van der Waals surface area contributed by atoms with Crippen molar-refractivity contribution < 1.29 is 4.42 Å². The van der Waals surface area contributed by atoms with E-state index in [1.807, 2.05) is 39.0 Å². The lowest BCUT2D eigenvalue weighted by Gasteiger charge is -1.79. The van der Waals surface area contributed by atoms with Crippen molar-refractivity contribution in [1.82, 2.24) is 4.98 Å². The standard InChI is InChI=1S/C10H13NO/c1-4-10-9(11-7-12-10)6-5-8(2)3/h4-7H,1-3H3. The summed E-state index contributed by atoms with van der Waals surface area (Å²) >= 11 is 0. The number of hydrogen-bond acceptors (Lipinski definition) is 2. The number of allylic oxidation sites excluding steroid dienone is 2. The maximum atomic E-state index is 5.12. The van der Waals surface area contributed by atoms with Crippen LogP contribution in [0.15, 0.2) is 22.5 Å². The van der Waals surface area contributed by atoms with Crippen LogP contribution in [0.2, 0.25) is 0 Å². The van der Waals surface area contributed by atoms with Gasteiger partial charge in [-0.1, -0.05) is 11.6 Å². The Balaban J connectivity index is 3.20. The van der Waals surface area contributed by atoms with Crippen LogP contribution in [-0.4, -0.2) is 4.98 Å². The van der Waals surface area contributed by atoms with Gasteiger partial charge in [0.25, 0.3) is 0 Å². The second-order valence-corrected chi connectivity index (χ2v) is 2.80. The van der Waals surface area contributed by atoms with E-state index in [1.165, 1.54) is 12.0 Å². The van der Waals surface area contributed by atoms with Gasteiger partial charge >= 0.3 is 0 Å². The zero-order valence-electron chi connectivity index (χ0n) is 7.66. The van der Waals surface area contributed by atoms with Gasteiger partial charge in [-0.2, -0.15) is 0 Å². The fraction of sp³-hybridized carbons (Fsp3) is 0.300. The fourth-order valence-corrected chi connectivity index (χ4v) is 0.851. The normalized spacial score (nSPS) is 13.6. The molecule has 2 nitrogen and oxygen atoms in total. The van der Waals surface area contributed by atoms with Crippen molar-refractivity contribution in [3.05, 3.63) is 28.8 Å². The van der Waals surface area contributed by atoms with E-state index in [9.17, 15) is 0 Å². The molecule has 0 spiro atoms. The predicted molar refractivity (Wildman–Crippen MR) is 49.8 cm³/mol. The van der Waals surface area contributed by atoms with Crippen LogP contribution in [-0.2, 0) is 0 Å². The molecule has 0 aliphatic rings. The highest BCUT2D eigenvalue weighted by molar-refractivity contribution is 5.36. The first-order valence-electron chi connectivity index (χ1n) is 3.95. The predicted octanol–water partition coefficient (Wildman–Crippen LogP) is 1.22. The average Bonchev–Trinajstić information content (AvgIpc) is 2.47. The van der Waals surface area contributed by atoms with Gasteiger partial charge in [0.05, 0.1) is 0 Å². The van der Waals surface area contributed by atoms with Crippen molar-refractivity contribution in [1.29, 1.82) is 0 Å². The molecule has 0 saturated carbocycles. The van der Waals surface area contributed by atoms with Crippen LogP contribution in [0.1, 0.15) is 20.8 Å². The lowest BCUT2D eigenvalue weighted by atomic mass is 10.3. The van der Waals surface area contributed by atoms with Crippen molar-refractivity contribution in [2.24, 2.45) is 0 Å². The minimum Gasteiger partial charge on any atom is -0.444 e. The van der Waals surface area contributed by atoms with Gasteiger partial charge in [0.1, 0.15) is 10.8 Å². The van der Waals surface area contributed by atoms with Crippen molar-refractivity contribution in [3.63, 3.8) is 0 Å². The van der Waals surface area contributed by atoms with Crippen molar-refractivity contribution >= 4 is 12.2 Å². The van der Waals surface area contributed by atoms with Crippen LogP contribution in [0, 0.1) is 0 Å². The van der Waals surface area contributed by atoms with E-state index < -0.39 is 0 Å². The van der Waals surface area contributed by atoms with Crippen molar-refractivity contribution in [2.45, 2.75) is 20.8 Å². The number of aromatic nitrogens is 1. The van der Waals surface area contributed by atoms with Gasteiger partial charge in [-0.25, -0.2) is 4.98 Å². The fourth-order valence-electron chi connectivity index (χ4n) is 0.851. The van der Waals surface area contributed by atoms with Crippen LogP contribution in [0.5, 0.6) is 0 Å². The van der Waals surface area contributed by atoms with Gasteiger partial charge < -0.3 is 4.42 Å². The van der Waals surface area contributed by atoms with E-state index in [2.05, 4.69) is 4.98 Å². The molecule has 64 valence electrons. The second-order valence-electron chi connectivity index (χ2n) is 2.80. The maximum absolute atomic E-state index is 5.12. The van der Waals surface area contributed by atoms with Crippen LogP contribution in [0.4, 0.5) is 0 Å². The second kappa shape index (κ2) is 3.90. The Hall–Kier alpha value is -1.31. The molecule has 1 rings (SSSR count). The first-order chi connectivity index (χ1) is 5.74. The van der Waals surface area contributed by atoms with Crippen LogP contribution in [0.3, 0.4) is 0 Å². The minimum absolute atomic E-state index is 0.826. The molecule has 0 aliphatic carbocycles. The molecule has 0 bridgehead atoms. The SMILES string of the molecule is CC=c1ocnc1=CC=C(C)C. The van der Waals surface area contributed by atoms with Gasteiger partial charge in [-0.3, -0.25) is 0 Å². The third-order valence-electron chi connectivity index (χ3n) is 1.46. The molecule has 0 saturated heterocycles. The van der Waals surface area contributed by atoms with E-state index in [-0.39, 0.29) is 0 Å². The van der Waals surface area contributed by atoms with Gasteiger partial charge in [0.15, 0.2) is 6.39 Å². The zero-order chi connectivity index (χ0) is 8.97. The highest BCUT2D eigenvalue weighted by Gasteiger charge is 1.85. The third kappa shape index (κ3) is 2.09. The largest absolute Gasteiger partial charge is 0.444 e. The number of oxazole rings is 1. The summed E-state index contributed by atoms with van der Waals surface area (Å²) in [6.45, 7) is 6.03. The zero-order valence-corrected chi connectivity index (χ0v) is 7.66. The van der Waals surface area contributed by atoms with E-state index in [1.54, 1.807) is 0 Å². The molecule has 0 N–H and O–H groups in total. The Morgan fingerprint density at radius 1 is 1.50 bits per heavy atom. The summed E-state index contributed by atoms with van der Waals surface area (Å²) in [7, 11) is 0. The van der Waals surface area contributed by atoms with Gasteiger partial charge in [0, 0.05) is 0 Å². The third-order valence-corrected chi connectivity index (χ3v) is 1.46. The maximum Gasteiger partial charge on any atom is 0.181 e. The molecule has 0 unspecified atom stereocenters. The summed E-state index contributed by atoms with van der Waals surface area (Å²) in [5, 5.41) is 0.888. The smallest absolute Gasteiger partial charge is 0.181 e. The van der Waals surface area contributed by atoms with E-state index >= 15 is 0 Å². The lowest BCUT2D eigenvalue weighted by Crippen LogP contribution is -2.20. The summed E-state index contributed by atoms with van der Waals surface area (Å²) < 4.78 is 5.12. The highest BCUT2D eigenvalue weighted by Crippen LogP contribution is 1.86. The summed E-state index contributed by atoms with van der Waals surface area (Å²) in [6.07, 6.45) is 7.33. The van der Waals surface area contributed by atoms with Crippen molar-refractivity contribution in [2.75, 3.05) is 0 Å². The highest BCUT2D eigenvalue weighted by atomic mass is 16.3. The molecule has 12 heavy (non-hydrogen) atoms. The summed E-state index contributed by atoms with van der Waals surface area (Å²) in [4.78, 5) is 4.06. The van der Waals surface area contributed by atoms with Gasteiger partial charge in [0.2, 0.25) is 0 Å². The van der Waals surface area contributed by atoms with Crippen molar-refractivity contribution in [3.8, 4) is 0 Å². The van der Waals surface area contributed by atoms with E-state index in [0.717, 1.165) is 10.8 Å². The molecular weight excluding hydrogens is 150 g/mol. The first kappa shape index (κ1) is 8.78. The van der Waals surface area contributed by atoms with Gasteiger partial charge in [-0.05, 0) is 32.9 Å². The number of rotatable bonds is 1. The molecule has 0 amide bonds. The molecule has 0 radical (unpaired) electrons. The summed E-state index contributed by atoms with van der Waals surface area (Å²) in [5.74, 6) is 0. The Bertz CT molecular complexity index is 380. The average molecular weight is 163 g/mol. The van der Waals surface area contributed by atoms with E-state index in [0.29, 0.717) is 0 Å². The Labute approximate surface area is 71.9 Å². The first-order valence-corrected chi connectivity index (χ1v) is 3.95. The molecular formula is C10H13NO. The topological polar surface area (TPSA) is 26.0 Å². The quantitative estimate of drug-likeness (QED) is 0.622. The monoisotopic (exact) mass is 163 g/mol.